The van der Waals surface area contributed by atoms with Gasteiger partial charge >= 0.3 is 12.1 Å². The zero-order valence-electron chi connectivity index (χ0n) is 14.0. The Kier molecular flexibility index (Phi) is 5.15. The van der Waals surface area contributed by atoms with Crippen molar-refractivity contribution in [3.8, 4) is 0 Å². The number of rotatable bonds is 5. The van der Waals surface area contributed by atoms with Crippen LogP contribution in [0.3, 0.4) is 0 Å². The van der Waals surface area contributed by atoms with E-state index in [9.17, 15) is 18.0 Å². The maximum atomic E-state index is 13.2. The molecule has 0 saturated heterocycles. The van der Waals surface area contributed by atoms with E-state index < -0.39 is 17.8 Å². The van der Waals surface area contributed by atoms with Gasteiger partial charge in [0.25, 0.3) is 0 Å². The van der Waals surface area contributed by atoms with Gasteiger partial charge in [-0.1, -0.05) is 25.0 Å². The number of benzene rings is 1. The Morgan fingerprint density at radius 1 is 1.12 bits per heavy atom. The first-order valence-electron chi connectivity index (χ1n) is 8.48. The van der Waals surface area contributed by atoms with Crippen LogP contribution in [0.4, 0.5) is 24.5 Å². The van der Waals surface area contributed by atoms with E-state index in [4.69, 9.17) is 5.11 Å². The molecule has 0 radical (unpaired) electrons. The van der Waals surface area contributed by atoms with Crippen molar-refractivity contribution in [2.24, 2.45) is 0 Å². The van der Waals surface area contributed by atoms with Crippen LogP contribution in [-0.4, -0.2) is 16.1 Å². The molecule has 0 unspecified atom stereocenters. The molecule has 4 nitrogen and oxygen atoms in total. The van der Waals surface area contributed by atoms with Crippen LogP contribution in [0.5, 0.6) is 0 Å². The molecule has 1 aliphatic carbocycles. The van der Waals surface area contributed by atoms with Gasteiger partial charge < -0.3 is 10.4 Å². The Balaban J connectivity index is 1.86. The number of carboxylic acids is 1. The van der Waals surface area contributed by atoms with Crippen LogP contribution < -0.4 is 5.32 Å². The highest BCUT2D eigenvalue weighted by Gasteiger charge is 2.34. The van der Waals surface area contributed by atoms with Crippen LogP contribution in [0.2, 0.25) is 0 Å². The third-order valence-corrected chi connectivity index (χ3v) is 4.51. The maximum Gasteiger partial charge on any atom is 0.433 e. The summed E-state index contributed by atoms with van der Waals surface area (Å²) in [6.45, 7) is 0. The first-order chi connectivity index (χ1) is 12.3. The molecule has 3 rings (SSSR count). The molecule has 0 atom stereocenters. The average Bonchev–Trinajstić information content (AvgIpc) is 3.10. The van der Waals surface area contributed by atoms with Crippen molar-refractivity contribution in [1.29, 1.82) is 0 Å². The lowest BCUT2D eigenvalue weighted by molar-refractivity contribution is -0.141. The fraction of sp³-hybridized carbons (Fsp3) is 0.368. The number of anilines is 2. The number of hydrogen-bond donors (Lipinski definition) is 2. The van der Waals surface area contributed by atoms with Crippen LogP contribution in [0.15, 0.2) is 36.4 Å². The predicted octanol–water partition coefficient (Wildman–Crippen LogP) is 5.13. The van der Waals surface area contributed by atoms with Gasteiger partial charge in [-0.05, 0) is 42.7 Å². The third-order valence-electron chi connectivity index (χ3n) is 4.51. The van der Waals surface area contributed by atoms with Crippen LogP contribution in [0.25, 0.3) is 0 Å². The van der Waals surface area contributed by atoms with Gasteiger partial charge in [0, 0.05) is 23.0 Å². The first-order valence-corrected chi connectivity index (χ1v) is 8.48. The number of pyridine rings is 1. The molecule has 1 aromatic heterocycles. The highest BCUT2D eigenvalue weighted by molar-refractivity contribution is 5.70. The van der Waals surface area contributed by atoms with E-state index in [1.807, 2.05) is 0 Å². The maximum absolute atomic E-state index is 13.2. The molecule has 0 bridgehead atoms. The lowest BCUT2D eigenvalue weighted by Crippen LogP contribution is -2.11. The number of nitrogens with one attached hydrogen (secondary N) is 1. The van der Waals surface area contributed by atoms with Gasteiger partial charge in [0.15, 0.2) is 0 Å². The molecule has 0 aliphatic heterocycles. The molecule has 1 aliphatic rings. The average molecular weight is 364 g/mol. The Hall–Kier alpha value is -2.57. The summed E-state index contributed by atoms with van der Waals surface area (Å²) in [5.41, 5.74) is 1.13. The summed E-state index contributed by atoms with van der Waals surface area (Å²) in [6, 6.07) is 9.27. The normalized spacial score (nSPS) is 15.2. The largest absolute Gasteiger partial charge is 0.481 e. The fourth-order valence-electron chi connectivity index (χ4n) is 3.25. The van der Waals surface area contributed by atoms with E-state index in [1.54, 1.807) is 30.3 Å². The minimum atomic E-state index is -4.50. The van der Waals surface area contributed by atoms with Crippen molar-refractivity contribution in [1.82, 2.24) is 4.98 Å². The van der Waals surface area contributed by atoms with E-state index in [0.717, 1.165) is 31.7 Å². The SMILES string of the molecule is O=C(O)Cc1ccc(Nc2cc(C3CCCC3)nc(C(F)(F)F)c2)cc1. The molecule has 0 amide bonds. The molecule has 1 saturated carbocycles. The van der Waals surface area contributed by atoms with Crippen molar-refractivity contribution >= 4 is 17.3 Å². The van der Waals surface area contributed by atoms with Gasteiger partial charge in [-0.15, -0.1) is 0 Å². The van der Waals surface area contributed by atoms with Crippen LogP contribution >= 0.6 is 0 Å². The Bertz CT molecular complexity index is 782. The Morgan fingerprint density at radius 3 is 2.35 bits per heavy atom. The second kappa shape index (κ2) is 7.35. The fourth-order valence-corrected chi connectivity index (χ4v) is 3.25. The van der Waals surface area contributed by atoms with Crippen LogP contribution in [0.1, 0.15) is 48.6 Å². The lowest BCUT2D eigenvalue weighted by Gasteiger charge is -2.16. The van der Waals surface area contributed by atoms with Crippen molar-refractivity contribution in [2.75, 3.05) is 5.32 Å². The highest BCUT2D eigenvalue weighted by Crippen LogP contribution is 2.37. The number of hydrogen-bond acceptors (Lipinski definition) is 3. The van der Waals surface area contributed by atoms with Crippen LogP contribution in [-0.2, 0) is 17.4 Å². The van der Waals surface area contributed by atoms with Gasteiger partial charge in [0.2, 0.25) is 0 Å². The van der Waals surface area contributed by atoms with E-state index >= 15 is 0 Å². The number of aliphatic carboxylic acids is 1. The summed E-state index contributed by atoms with van der Waals surface area (Å²) in [5, 5.41) is 11.8. The summed E-state index contributed by atoms with van der Waals surface area (Å²) >= 11 is 0. The summed E-state index contributed by atoms with van der Waals surface area (Å²) in [5.74, 6) is -0.869. The van der Waals surface area contributed by atoms with Crippen molar-refractivity contribution in [3.05, 3.63) is 53.3 Å². The summed E-state index contributed by atoms with van der Waals surface area (Å²) in [4.78, 5) is 14.6. The molecule has 0 spiro atoms. The van der Waals surface area contributed by atoms with E-state index in [-0.39, 0.29) is 12.3 Å². The molecular weight excluding hydrogens is 345 g/mol. The first kappa shape index (κ1) is 18.2. The monoisotopic (exact) mass is 364 g/mol. The minimum absolute atomic E-state index is 0.0655. The molecule has 2 aromatic rings. The standard InChI is InChI=1S/C19H19F3N2O2/c20-19(21,22)17-11-15(10-16(24-17)13-3-1-2-4-13)23-14-7-5-12(6-8-14)9-18(25)26/h5-8,10-11,13H,1-4,9H2,(H,23,24)(H,25,26). The zero-order chi connectivity index (χ0) is 18.7. The molecule has 2 N–H and O–H groups in total. The van der Waals surface area contributed by atoms with Gasteiger partial charge in [-0.25, -0.2) is 4.98 Å². The predicted molar refractivity (Wildman–Crippen MR) is 91.5 cm³/mol. The third kappa shape index (κ3) is 4.53. The van der Waals surface area contributed by atoms with Gasteiger partial charge in [0.1, 0.15) is 5.69 Å². The molecule has 1 fully saturated rings. The Labute approximate surface area is 149 Å². The Morgan fingerprint density at radius 2 is 1.77 bits per heavy atom. The van der Waals surface area contributed by atoms with E-state index in [2.05, 4.69) is 10.3 Å². The number of nitrogens with zero attached hydrogens (tertiary/aromatic N) is 1. The summed E-state index contributed by atoms with van der Waals surface area (Å²) < 4.78 is 39.6. The number of carbonyl (C=O) groups is 1. The number of carboxylic acid groups (broad SMARTS) is 1. The smallest absolute Gasteiger partial charge is 0.433 e. The zero-order valence-corrected chi connectivity index (χ0v) is 14.0. The second-order valence-electron chi connectivity index (χ2n) is 6.54. The highest BCUT2D eigenvalue weighted by atomic mass is 19.4. The molecule has 1 heterocycles. The van der Waals surface area contributed by atoms with Crippen molar-refractivity contribution in [3.63, 3.8) is 0 Å². The van der Waals surface area contributed by atoms with E-state index in [1.165, 1.54) is 0 Å². The van der Waals surface area contributed by atoms with Crippen LogP contribution in [0, 0.1) is 0 Å². The summed E-state index contributed by atoms with van der Waals surface area (Å²) in [6.07, 6.45) is -0.863. The molecule has 1 aromatic carbocycles. The molecule has 26 heavy (non-hydrogen) atoms. The molecule has 7 heteroatoms. The van der Waals surface area contributed by atoms with Gasteiger partial charge in [-0.3, -0.25) is 4.79 Å². The van der Waals surface area contributed by atoms with Gasteiger partial charge in [0.05, 0.1) is 6.42 Å². The summed E-state index contributed by atoms with van der Waals surface area (Å²) in [7, 11) is 0. The lowest BCUT2D eigenvalue weighted by atomic mass is 10.0. The number of halogens is 3. The second-order valence-corrected chi connectivity index (χ2v) is 6.54. The van der Waals surface area contributed by atoms with Crippen molar-refractivity contribution in [2.45, 2.75) is 44.2 Å². The topological polar surface area (TPSA) is 62.2 Å². The quantitative estimate of drug-likeness (QED) is 0.772. The van der Waals surface area contributed by atoms with Crippen molar-refractivity contribution < 1.29 is 23.1 Å². The number of aromatic nitrogens is 1. The van der Waals surface area contributed by atoms with E-state index in [0.29, 0.717) is 22.6 Å². The number of alkyl halides is 3. The molecular formula is C19H19F3N2O2. The van der Waals surface area contributed by atoms with Gasteiger partial charge in [-0.2, -0.15) is 13.2 Å². The minimum Gasteiger partial charge on any atom is -0.481 e. The molecule has 138 valence electrons.